The molecule has 1 saturated heterocycles. The van der Waals surface area contributed by atoms with Gasteiger partial charge in [0.2, 0.25) is 5.91 Å². The van der Waals surface area contributed by atoms with Gasteiger partial charge >= 0.3 is 0 Å². The number of hydrogen-bond donors (Lipinski definition) is 7. The highest BCUT2D eigenvalue weighted by atomic mass is 16.5. The largest absolute Gasteiger partial charge is 0.872 e. The van der Waals surface area contributed by atoms with Gasteiger partial charge in [-0.3, -0.25) is 4.79 Å². The lowest BCUT2D eigenvalue weighted by atomic mass is 9.90. The molecule has 0 aliphatic carbocycles. The van der Waals surface area contributed by atoms with Gasteiger partial charge in [-0.25, -0.2) is 0 Å². The Morgan fingerprint density at radius 3 is 2.29 bits per heavy atom. The molecule has 1 aliphatic rings. The summed E-state index contributed by atoms with van der Waals surface area (Å²) >= 11 is 0. The molecule has 0 unspecified atom stereocenters. The first-order valence-corrected chi connectivity index (χ1v) is 12.8. The van der Waals surface area contributed by atoms with E-state index in [-0.39, 0.29) is 24.5 Å². The average molecular weight is 533 g/mol. The summed E-state index contributed by atoms with van der Waals surface area (Å²) in [5, 5.41) is 72.8. The highest BCUT2D eigenvalue weighted by Gasteiger charge is 2.37. The molecule has 0 bridgehead atoms. The molecule has 10 nitrogen and oxygen atoms in total. The molecule has 2 aromatic rings. The summed E-state index contributed by atoms with van der Waals surface area (Å²) in [5.74, 6) is -0.578. The van der Waals surface area contributed by atoms with Gasteiger partial charge in [-0.1, -0.05) is 36.4 Å². The lowest BCUT2D eigenvalue weighted by molar-refractivity contribution is -0.272. The van der Waals surface area contributed by atoms with E-state index in [0.29, 0.717) is 24.8 Å². The van der Waals surface area contributed by atoms with Crippen LogP contribution < -0.4 is 10.4 Å². The highest BCUT2D eigenvalue weighted by molar-refractivity contribution is 5.76. The fourth-order valence-electron chi connectivity index (χ4n) is 4.62. The molecule has 0 saturated carbocycles. The van der Waals surface area contributed by atoms with Crippen molar-refractivity contribution in [2.75, 3.05) is 26.4 Å². The number of carbonyl (C=O) groups is 1. The van der Waals surface area contributed by atoms with E-state index in [1.807, 2.05) is 31.2 Å². The van der Waals surface area contributed by atoms with Gasteiger partial charge in [0.25, 0.3) is 0 Å². The summed E-state index contributed by atoms with van der Waals surface area (Å²) in [6.45, 7) is -0.293. The third-order valence-electron chi connectivity index (χ3n) is 7.16. The Balaban J connectivity index is 1.61. The second kappa shape index (κ2) is 13.5. The number of aryl methyl sites for hydroxylation is 2. The second-order valence-electron chi connectivity index (χ2n) is 10.1. The lowest BCUT2D eigenvalue weighted by Crippen LogP contribution is -2.57. The SMILES string of the molecule is Cc1cc([O-])c([C@H]2C[C@@H](O)[C@H](O)[C@@H](CO)O2)cc1Cc1ccc(CCCC(=O)NC(CO)(CO)CO)cc1. The van der Waals surface area contributed by atoms with Gasteiger partial charge in [0.05, 0.1) is 38.6 Å². The van der Waals surface area contributed by atoms with E-state index in [2.05, 4.69) is 5.32 Å². The molecule has 210 valence electrons. The van der Waals surface area contributed by atoms with E-state index < -0.39 is 56.4 Å². The summed E-state index contributed by atoms with van der Waals surface area (Å²) in [6.07, 6.45) is -2.01. The van der Waals surface area contributed by atoms with Crippen molar-refractivity contribution >= 4 is 5.91 Å². The van der Waals surface area contributed by atoms with Crippen LogP contribution in [0.2, 0.25) is 0 Å². The number of amides is 1. The number of carbonyl (C=O) groups excluding carboxylic acids is 1. The number of rotatable bonds is 12. The Labute approximate surface area is 222 Å². The topological polar surface area (TPSA) is 183 Å². The summed E-state index contributed by atoms with van der Waals surface area (Å²) in [4.78, 5) is 12.1. The number of aliphatic hydroxyl groups excluding tert-OH is 6. The van der Waals surface area contributed by atoms with Gasteiger partial charge in [-0.15, -0.1) is 5.75 Å². The molecule has 1 fully saturated rings. The molecule has 0 spiro atoms. The molecular weight excluding hydrogens is 494 g/mol. The van der Waals surface area contributed by atoms with Crippen molar-refractivity contribution in [1.82, 2.24) is 5.32 Å². The fraction of sp³-hybridized carbons (Fsp3) is 0.536. The van der Waals surface area contributed by atoms with Gasteiger partial charge in [-0.05, 0) is 54.0 Å². The number of hydrogen-bond acceptors (Lipinski definition) is 9. The zero-order chi connectivity index (χ0) is 27.9. The van der Waals surface area contributed by atoms with Crippen molar-refractivity contribution in [2.24, 2.45) is 0 Å². The lowest BCUT2D eigenvalue weighted by Gasteiger charge is -2.38. The van der Waals surface area contributed by atoms with Crippen LogP contribution in [0.4, 0.5) is 0 Å². The first-order chi connectivity index (χ1) is 18.1. The average Bonchev–Trinajstić information content (AvgIpc) is 2.91. The molecule has 0 radical (unpaired) electrons. The minimum atomic E-state index is -1.42. The van der Waals surface area contributed by atoms with Crippen molar-refractivity contribution in [2.45, 2.75) is 69.0 Å². The molecule has 4 atom stereocenters. The molecule has 0 aromatic heterocycles. The van der Waals surface area contributed by atoms with E-state index in [9.17, 15) is 40.5 Å². The maximum atomic E-state index is 12.7. The third kappa shape index (κ3) is 7.29. The predicted molar refractivity (Wildman–Crippen MR) is 136 cm³/mol. The number of nitrogens with one attached hydrogen (secondary N) is 1. The number of aliphatic hydroxyl groups is 6. The third-order valence-corrected chi connectivity index (χ3v) is 7.16. The minimum Gasteiger partial charge on any atom is -0.872 e. The van der Waals surface area contributed by atoms with Gasteiger partial charge in [-0.2, -0.15) is 0 Å². The summed E-state index contributed by atoms with van der Waals surface area (Å²) < 4.78 is 5.72. The standard InChI is InChI=1S/C28H39NO9/c1-17-9-22(34)21(24-12-23(35)27(37)25(13-30)38-24)11-20(17)10-19-7-5-18(6-8-19)3-2-4-26(36)29-28(14-31,15-32)16-33/h5-9,11,23-25,27,30-35,37H,2-4,10,12-16H2,1H3,(H,29,36)/p-1/t23-,24-,25-,27+/m1/s1. The molecular formula is C28H38NO9-. The van der Waals surface area contributed by atoms with Gasteiger partial charge in [0.1, 0.15) is 17.7 Å². The number of ether oxygens (including phenoxy) is 1. The monoisotopic (exact) mass is 532 g/mol. The van der Waals surface area contributed by atoms with Crippen LogP contribution in [0.5, 0.6) is 5.75 Å². The Bertz CT molecular complexity index is 1050. The highest BCUT2D eigenvalue weighted by Crippen LogP contribution is 2.37. The van der Waals surface area contributed by atoms with Crippen LogP contribution in [0.1, 0.15) is 53.2 Å². The summed E-state index contributed by atoms with van der Waals surface area (Å²) in [6, 6.07) is 11.2. The maximum absolute atomic E-state index is 12.7. The molecule has 38 heavy (non-hydrogen) atoms. The van der Waals surface area contributed by atoms with Gasteiger partial charge < -0.3 is 45.8 Å². The fourth-order valence-corrected chi connectivity index (χ4v) is 4.62. The van der Waals surface area contributed by atoms with Crippen LogP contribution in [0.3, 0.4) is 0 Å². The van der Waals surface area contributed by atoms with E-state index in [1.165, 1.54) is 6.07 Å². The molecule has 1 amide bonds. The van der Waals surface area contributed by atoms with Crippen LogP contribution in [0, 0.1) is 6.92 Å². The van der Waals surface area contributed by atoms with E-state index >= 15 is 0 Å². The first-order valence-electron chi connectivity index (χ1n) is 12.8. The predicted octanol–water partition coefficient (Wildman–Crippen LogP) is -0.642. The van der Waals surface area contributed by atoms with Crippen LogP contribution in [-0.2, 0) is 22.4 Å². The van der Waals surface area contributed by atoms with Gasteiger partial charge in [0.15, 0.2) is 0 Å². The smallest absolute Gasteiger partial charge is 0.220 e. The Hall–Kier alpha value is -2.57. The zero-order valence-electron chi connectivity index (χ0n) is 21.5. The molecule has 10 heteroatoms. The van der Waals surface area contributed by atoms with Gasteiger partial charge in [0, 0.05) is 12.8 Å². The molecule has 7 N–H and O–H groups in total. The Morgan fingerprint density at radius 2 is 1.68 bits per heavy atom. The maximum Gasteiger partial charge on any atom is 0.220 e. The van der Waals surface area contributed by atoms with Crippen molar-refractivity contribution in [1.29, 1.82) is 0 Å². The van der Waals surface area contributed by atoms with Crippen molar-refractivity contribution in [3.63, 3.8) is 0 Å². The second-order valence-corrected chi connectivity index (χ2v) is 10.1. The molecule has 1 heterocycles. The molecule has 2 aromatic carbocycles. The number of benzene rings is 2. The molecule has 3 rings (SSSR count). The van der Waals surface area contributed by atoms with E-state index in [1.54, 1.807) is 6.07 Å². The zero-order valence-corrected chi connectivity index (χ0v) is 21.5. The Kier molecular flexibility index (Phi) is 10.6. The van der Waals surface area contributed by atoms with E-state index in [4.69, 9.17) is 4.74 Å². The van der Waals surface area contributed by atoms with Crippen molar-refractivity contribution < 1.29 is 45.3 Å². The van der Waals surface area contributed by atoms with Crippen LogP contribution in [-0.4, -0.2) is 86.8 Å². The summed E-state index contributed by atoms with van der Waals surface area (Å²) in [7, 11) is 0. The quantitative estimate of drug-likeness (QED) is 0.187. The van der Waals surface area contributed by atoms with E-state index in [0.717, 1.165) is 22.3 Å². The van der Waals surface area contributed by atoms with Crippen LogP contribution in [0.15, 0.2) is 36.4 Å². The minimum absolute atomic E-state index is 0.0586. The Morgan fingerprint density at radius 1 is 1.05 bits per heavy atom. The molecule has 1 aliphatic heterocycles. The van der Waals surface area contributed by atoms with Crippen molar-refractivity contribution in [3.8, 4) is 5.75 Å². The normalized spacial score (nSPS) is 21.9. The van der Waals surface area contributed by atoms with Crippen LogP contribution in [0.25, 0.3) is 0 Å². The van der Waals surface area contributed by atoms with Crippen molar-refractivity contribution in [3.05, 3.63) is 64.2 Å². The first kappa shape index (κ1) is 30.0. The van der Waals surface area contributed by atoms with Crippen LogP contribution >= 0.6 is 0 Å². The summed E-state index contributed by atoms with van der Waals surface area (Å²) in [5.41, 5.74) is 2.77.